The fourth-order valence-corrected chi connectivity index (χ4v) is 1.24. The summed E-state index contributed by atoms with van der Waals surface area (Å²) in [6.45, 7) is 6.55. The normalized spacial score (nSPS) is 10.1. The van der Waals surface area contributed by atoms with Crippen molar-refractivity contribution in [3.05, 3.63) is 41.7 Å². The Kier molecular flexibility index (Phi) is 4.31. The third-order valence-electron chi connectivity index (χ3n) is 1.91. The average Bonchev–Trinajstić information content (AvgIpc) is 2.17. The van der Waals surface area contributed by atoms with Crippen molar-refractivity contribution in [2.24, 2.45) is 5.73 Å². The van der Waals surface area contributed by atoms with E-state index in [1.165, 1.54) is 12.1 Å². The molecular formula is C12H16FNO. The highest BCUT2D eigenvalue weighted by Crippen LogP contribution is 2.20. The van der Waals surface area contributed by atoms with Gasteiger partial charge in [-0.2, -0.15) is 0 Å². The van der Waals surface area contributed by atoms with Crippen LogP contribution in [0.25, 0.3) is 0 Å². The van der Waals surface area contributed by atoms with Crippen molar-refractivity contribution in [3.8, 4) is 5.75 Å². The van der Waals surface area contributed by atoms with E-state index in [1.807, 2.05) is 6.92 Å². The Balaban J connectivity index is 2.80. The van der Waals surface area contributed by atoms with Crippen molar-refractivity contribution in [1.29, 1.82) is 0 Å². The Morgan fingerprint density at radius 1 is 1.53 bits per heavy atom. The minimum absolute atomic E-state index is 0.263. The molecule has 0 amide bonds. The molecule has 0 spiro atoms. The topological polar surface area (TPSA) is 35.2 Å². The highest BCUT2D eigenvalue weighted by molar-refractivity contribution is 5.34. The SMILES string of the molecule is C=C(C)COc1ccc(F)cc1CCN. The van der Waals surface area contributed by atoms with E-state index in [0.717, 1.165) is 11.1 Å². The van der Waals surface area contributed by atoms with Crippen molar-refractivity contribution in [2.45, 2.75) is 13.3 Å². The molecule has 0 saturated carbocycles. The molecular weight excluding hydrogens is 193 g/mol. The molecule has 1 rings (SSSR count). The summed E-state index contributed by atoms with van der Waals surface area (Å²) in [5.74, 6) is 0.422. The Morgan fingerprint density at radius 3 is 2.87 bits per heavy atom. The zero-order chi connectivity index (χ0) is 11.3. The quantitative estimate of drug-likeness (QED) is 0.755. The Morgan fingerprint density at radius 2 is 2.27 bits per heavy atom. The molecule has 0 radical (unpaired) electrons. The van der Waals surface area contributed by atoms with Crippen LogP contribution in [-0.4, -0.2) is 13.2 Å². The molecule has 0 aliphatic heterocycles. The van der Waals surface area contributed by atoms with Gasteiger partial charge in [0.25, 0.3) is 0 Å². The van der Waals surface area contributed by atoms with E-state index in [1.54, 1.807) is 6.07 Å². The fourth-order valence-electron chi connectivity index (χ4n) is 1.24. The van der Waals surface area contributed by atoms with Crippen molar-refractivity contribution in [2.75, 3.05) is 13.2 Å². The van der Waals surface area contributed by atoms with Crippen LogP contribution >= 0.6 is 0 Å². The average molecular weight is 209 g/mol. The zero-order valence-electron chi connectivity index (χ0n) is 8.92. The third-order valence-corrected chi connectivity index (χ3v) is 1.91. The highest BCUT2D eigenvalue weighted by Gasteiger charge is 2.04. The Labute approximate surface area is 89.6 Å². The van der Waals surface area contributed by atoms with Crippen molar-refractivity contribution in [1.82, 2.24) is 0 Å². The fraction of sp³-hybridized carbons (Fsp3) is 0.333. The summed E-state index contributed by atoms with van der Waals surface area (Å²) in [6, 6.07) is 4.47. The summed E-state index contributed by atoms with van der Waals surface area (Å²) >= 11 is 0. The molecule has 0 bridgehead atoms. The van der Waals surface area contributed by atoms with Gasteiger partial charge in [0.05, 0.1) is 0 Å². The van der Waals surface area contributed by atoms with Crippen LogP contribution in [0.3, 0.4) is 0 Å². The lowest BCUT2D eigenvalue weighted by atomic mass is 10.1. The number of rotatable bonds is 5. The van der Waals surface area contributed by atoms with E-state index in [4.69, 9.17) is 10.5 Å². The summed E-state index contributed by atoms with van der Waals surface area (Å²) in [6.07, 6.45) is 0.614. The third kappa shape index (κ3) is 3.72. The lowest BCUT2D eigenvalue weighted by Gasteiger charge is -2.10. The number of benzene rings is 1. The van der Waals surface area contributed by atoms with Gasteiger partial charge in [0.2, 0.25) is 0 Å². The number of hydrogen-bond donors (Lipinski definition) is 1. The van der Waals surface area contributed by atoms with Crippen LogP contribution < -0.4 is 10.5 Å². The van der Waals surface area contributed by atoms with Crippen LogP contribution in [0.1, 0.15) is 12.5 Å². The molecule has 0 atom stereocenters. The Bertz CT molecular complexity index is 349. The van der Waals surface area contributed by atoms with Crippen LogP contribution in [0.5, 0.6) is 5.75 Å². The molecule has 0 aromatic heterocycles. The highest BCUT2D eigenvalue weighted by atomic mass is 19.1. The molecule has 0 heterocycles. The van der Waals surface area contributed by atoms with E-state index in [9.17, 15) is 4.39 Å². The lowest BCUT2D eigenvalue weighted by Crippen LogP contribution is -2.06. The summed E-state index contributed by atoms with van der Waals surface area (Å²) in [7, 11) is 0. The molecule has 1 aromatic carbocycles. The number of hydrogen-bond acceptors (Lipinski definition) is 2. The molecule has 0 saturated heterocycles. The lowest BCUT2D eigenvalue weighted by molar-refractivity contribution is 0.348. The maximum Gasteiger partial charge on any atom is 0.123 e. The van der Waals surface area contributed by atoms with Crippen molar-refractivity contribution in [3.63, 3.8) is 0 Å². The maximum atomic E-state index is 13.0. The van der Waals surface area contributed by atoms with Crippen LogP contribution in [-0.2, 0) is 6.42 Å². The van der Waals surface area contributed by atoms with Crippen molar-refractivity contribution >= 4 is 0 Å². The number of halogens is 1. The van der Waals surface area contributed by atoms with E-state index >= 15 is 0 Å². The number of ether oxygens (including phenoxy) is 1. The van der Waals surface area contributed by atoms with Crippen LogP contribution in [0.4, 0.5) is 4.39 Å². The first kappa shape index (κ1) is 11.7. The molecule has 0 aliphatic rings. The van der Waals surface area contributed by atoms with Gasteiger partial charge in [-0.3, -0.25) is 0 Å². The van der Waals surface area contributed by atoms with Crippen LogP contribution in [0.15, 0.2) is 30.4 Å². The summed E-state index contributed by atoms with van der Waals surface area (Å²) in [4.78, 5) is 0. The second-order valence-electron chi connectivity index (χ2n) is 3.54. The first-order valence-corrected chi connectivity index (χ1v) is 4.89. The Hall–Kier alpha value is -1.35. The van der Waals surface area contributed by atoms with E-state index < -0.39 is 0 Å². The molecule has 15 heavy (non-hydrogen) atoms. The van der Waals surface area contributed by atoms with Gasteiger partial charge in [-0.1, -0.05) is 6.58 Å². The van der Waals surface area contributed by atoms with Gasteiger partial charge >= 0.3 is 0 Å². The van der Waals surface area contributed by atoms with Crippen molar-refractivity contribution < 1.29 is 9.13 Å². The monoisotopic (exact) mass is 209 g/mol. The smallest absolute Gasteiger partial charge is 0.123 e. The molecule has 0 fully saturated rings. The van der Waals surface area contributed by atoms with Gasteiger partial charge in [0.15, 0.2) is 0 Å². The maximum absolute atomic E-state index is 13.0. The van der Waals surface area contributed by atoms with E-state index in [0.29, 0.717) is 25.3 Å². The number of nitrogens with two attached hydrogens (primary N) is 1. The standard InChI is InChI=1S/C12H16FNO/c1-9(2)8-15-12-4-3-11(13)7-10(12)5-6-14/h3-4,7H,1,5-6,8,14H2,2H3. The minimum Gasteiger partial charge on any atom is -0.489 e. The predicted molar refractivity (Wildman–Crippen MR) is 59.5 cm³/mol. The van der Waals surface area contributed by atoms with E-state index in [2.05, 4.69) is 6.58 Å². The molecule has 2 N–H and O–H groups in total. The second kappa shape index (κ2) is 5.51. The van der Waals surface area contributed by atoms with Gasteiger partial charge in [-0.25, -0.2) is 4.39 Å². The molecule has 0 unspecified atom stereocenters. The van der Waals surface area contributed by atoms with Gasteiger partial charge in [-0.15, -0.1) is 0 Å². The van der Waals surface area contributed by atoms with Gasteiger partial charge in [0, 0.05) is 0 Å². The van der Waals surface area contributed by atoms with Crippen LogP contribution in [0, 0.1) is 5.82 Å². The molecule has 1 aromatic rings. The summed E-state index contributed by atoms with van der Waals surface area (Å²) in [5.41, 5.74) is 7.17. The zero-order valence-corrected chi connectivity index (χ0v) is 8.92. The largest absolute Gasteiger partial charge is 0.489 e. The first-order valence-electron chi connectivity index (χ1n) is 4.89. The van der Waals surface area contributed by atoms with Crippen LogP contribution in [0.2, 0.25) is 0 Å². The summed E-state index contributed by atoms with van der Waals surface area (Å²) < 4.78 is 18.4. The summed E-state index contributed by atoms with van der Waals surface area (Å²) in [5, 5.41) is 0. The molecule has 3 heteroatoms. The second-order valence-corrected chi connectivity index (χ2v) is 3.54. The van der Waals surface area contributed by atoms with E-state index in [-0.39, 0.29) is 5.82 Å². The van der Waals surface area contributed by atoms with Gasteiger partial charge in [0.1, 0.15) is 18.2 Å². The molecule has 2 nitrogen and oxygen atoms in total. The molecule has 0 aliphatic carbocycles. The molecule has 82 valence electrons. The van der Waals surface area contributed by atoms with Gasteiger partial charge < -0.3 is 10.5 Å². The van der Waals surface area contributed by atoms with Gasteiger partial charge in [-0.05, 0) is 49.2 Å². The predicted octanol–water partition coefficient (Wildman–Crippen LogP) is 2.28. The minimum atomic E-state index is -0.263. The first-order chi connectivity index (χ1) is 7.13.